The van der Waals surface area contributed by atoms with Crippen molar-refractivity contribution in [2.75, 3.05) is 6.61 Å². The number of hydrogen-bond acceptors (Lipinski definition) is 3. The average Bonchev–Trinajstić information content (AvgIpc) is 3.01. The molecule has 0 heterocycles. The Bertz CT molecular complexity index is 657. The van der Waals surface area contributed by atoms with Gasteiger partial charge in [0, 0.05) is 6.42 Å². The van der Waals surface area contributed by atoms with Crippen LogP contribution in [0.1, 0.15) is 187 Å². The first-order valence-corrected chi connectivity index (χ1v) is 18.7. The topological polar surface area (TPSA) is 69.6 Å². The molecule has 3 N–H and O–H groups in total. The van der Waals surface area contributed by atoms with Gasteiger partial charge in [-0.25, -0.2) is 0 Å². The number of allylic oxidation sites excluding steroid dienone is 5. The summed E-state index contributed by atoms with van der Waals surface area (Å²) in [5.41, 5.74) is 0. The molecule has 0 bridgehead atoms. The molecule has 43 heavy (non-hydrogen) atoms. The van der Waals surface area contributed by atoms with Crippen molar-refractivity contribution in [1.29, 1.82) is 0 Å². The van der Waals surface area contributed by atoms with E-state index in [1.807, 2.05) is 6.08 Å². The zero-order chi connectivity index (χ0) is 31.5. The number of aliphatic hydroxyl groups excluding tert-OH is 2. The van der Waals surface area contributed by atoms with E-state index in [9.17, 15) is 15.0 Å². The zero-order valence-electron chi connectivity index (χ0n) is 28.7. The van der Waals surface area contributed by atoms with Gasteiger partial charge in [-0.1, -0.05) is 166 Å². The number of carbonyl (C=O) groups excluding carboxylic acids is 1. The first-order valence-electron chi connectivity index (χ1n) is 18.7. The molecule has 0 spiro atoms. The number of amides is 1. The van der Waals surface area contributed by atoms with Gasteiger partial charge in [0.15, 0.2) is 0 Å². The molecule has 0 rings (SSSR count). The molecule has 0 aliphatic carbocycles. The van der Waals surface area contributed by atoms with Crippen LogP contribution in [0.15, 0.2) is 36.5 Å². The molecule has 0 aliphatic heterocycles. The van der Waals surface area contributed by atoms with Crippen molar-refractivity contribution < 1.29 is 15.0 Å². The molecule has 0 saturated heterocycles. The Morgan fingerprint density at radius 3 is 1.44 bits per heavy atom. The van der Waals surface area contributed by atoms with Crippen molar-refractivity contribution in [3.05, 3.63) is 36.5 Å². The predicted molar refractivity (Wildman–Crippen MR) is 188 cm³/mol. The predicted octanol–water partition coefficient (Wildman–Crippen LogP) is 11.1. The Hall–Kier alpha value is -1.39. The van der Waals surface area contributed by atoms with Crippen LogP contribution in [0.4, 0.5) is 0 Å². The van der Waals surface area contributed by atoms with Crippen LogP contribution in [0.2, 0.25) is 0 Å². The zero-order valence-corrected chi connectivity index (χ0v) is 28.7. The first kappa shape index (κ1) is 41.6. The van der Waals surface area contributed by atoms with Gasteiger partial charge < -0.3 is 15.5 Å². The third-order valence-electron chi connectivity index (χ3n) is 8.37. The standard InChI is InChI=1S/C39H73NO3/c1-3-5-7-9-11-13-15-17-19-21-22-24-26-28-30-32-34-38(42)37(36-41)40-39(43)35-33-31-29-27-25-23-20-18-16-14-12-10-8-6-4-2/h12,14,18,20,32,34,37-38,41-42H,3-11,13,15-17,19,21-31,33,35-36H2,1-2H3,(H,40,43)/b14-12-,20-18-,34-32+. The van der Waals surface area contributed by atoms with E-state index in [4.69, 9.17) is 0 Å². The summed E-state index contributed by atoms with van der Waals surface area (Å²) < 4.78 is 0. The molecule has 0 saturated carbocycles. The fourth-order valence-electron chi connectivity index (χ4n) is 5.44. The number of aliphatic hydroxyl groups is 2. The number of unbranched alkanes of at least 4 members (excludes halogenated alkanes) is 22. The molecule has 4 nitrogen and oxygen atoms in total. The van der Waals surface area contributed by atoms with Crippen LogP contribution in [-0.2, 0) is 4.79 Å². The lowest BCUT2D eigenvalue weighted by molar-refractivity contribution is -0.123. The molecule has 0 fully saturated rings. The largest absolute Gasteiger partial charge is 0.394 e. The van der Waals surface area contributed by atoms with Crippen LogP contribution in [0, 0.1) is 0 Å². The van der Waals surface area contributed by atoms with Crippen molar-refractivity contribution in [3.8, 4) is 0 Å². The molecular weight excluding hydrogens is 530 g/mol. The van der Waals surface area contributed by atoms with Crippen LogP contribution in [0.3, 0.4) is 0 Å². The van der Waals surface area contributed by atoms with E-state index in [1.54, 1.807) is 6.08 Å². The fourth-order valence-corrected chi connectivity index (χ4v) is 5.44. The minimum absolute atomic E-state index is 0.0795. The van der Waals surface area contributed by atoms with Crippen molar-refractivity contribution in [3.63, 3.8) is 0 Å². The molecule has 252 valence electrons. The highest BCUT2D eigenvalue weighted by Gasteiger charge is 2.17. The smallest absolute Gasteiger partial charge is 0.220 e. The molecule has 2 unspecified atom stereocenters. The molecule has 0 aromatic carbocycles. The van der Waals surface area contributed by atoms with Crippen LogP contribution >= 0.6 is 0 Å². The molecule has 0 aliphatic rings. The lowest BCUT2D eigenvalue weighted by atomic mass is 10.0. The van der Waals surface area contributed by atoms with E-state index in [0.717, 1.165) is 44.9 Å². The minimum atomic E-state index is -0.842. The summed E-state index contributed by atoms with van der Waals surface area (Å²) in [7, 11) is 0. The minimum Gasteiger partial charge on any atom is -0.394 e. The summed E-state index contributed by atoms with van der Waals surface area (Å²) in [6.07, 6.45) is 45.1. The molecular formula is C39H73NO3. The van der Waals surface area contributed by atoms with Crippen LogP contribution in [-0.4, -0.2) is 34.9 Å². The molecule has 2 atom stereocenters. The quantitative estimate of drug-likeness (QED) is 0.0516. The van der Waals surface area contributed by atoms with Gasteiger partial charge in [0.2, 0.25) is 5.91 Å². The Labute approximate surface area is 268 Å². The third kappa shape index (κ3) is 31.8. The maximum absolute atomic E-state index is 12.3. The summed E-state index contributed by atoms with van der Waals surface area (Å²) in [6.45, 7) is 4.26. The van der Waals surface area contributed by atoms with Gasteiger partial charge in [0.1, 0.15) is 0 Å². The summed E-state index contributed by atoms with van der Waals surface area (Å²) in [4.78, 5) is 12.3. The van der Waals surface area contributed by atoms with E-state index in [2.05, 4.69) is 43.5 Å². The van der Waals surface area contributed by atoms with E-state index in [1.165, 1.54) is 122 Å². The van der Waals surface area contributed by atoms with Gasteiger partial charge >= 0.3 is 0 Å². The molecule has 1 amide bonds. The fraction of sp³-hybridized carbons (Fsp3) is 0.821. The molecule has 0 aromatic heterocycles. The van der Waals surface area contributed by atoms with E-state index in [0.29, 0.717) is 6.42 Å². The third-order valence-corrected chi connectivity index (χ3v) is 8.37. The van der Waals surface area contributed by atoms with Gasteiger partial charge in [0.25, 0.3) is 0 Å². The van der Waals surface area contributed by atoms with Gasteiger partial charge in [-0.15, -0.1) is 0 Å². The maximum Gasteiger partial charge on any atom is 0.220 e. The van der Waals surface area contributed by atoms with Crippen LogP contribution < -0.4 is 5.32 Å². The van der Waals surface area contributed by atoms with E-state index >= 15 is 0 Å². The molecule has 0 radical (unpaired) electrons. The Kier molecular flexibility index (Phi) is 34.0. The molecule has 0 aromatic rings. The van der Waals surface area contributed by atoms with Crippen molar-refractivity contribution in [1.82, 2.24) is 5.32 Å². The second kappa shape index (κ2) is 35.1. The second-order valence-electron chi connectivity index (χ2n) is 12.6. The highest BCUT2D eigenvalue weighted by Crippen LogP contribution is 2.14. The second-order valence-corrected chi connectivity index (χ2v) is 12.6. The monoisotopic (exact) mass is 604 g/mol. The summed E-state index contributed by atoms with van der Waals surface area (Å²) >= 11 is 0. The number of hydrogen-bond donors (Lipinski definition) is 3. The van der Waals surface area contributed by atoms with Gasteiger partial charge in [-0.05, 0) is 51.4 Å². The highest BCUT2D eigenvalue weighted by molar-refractivity contribution is 5.76. The summed E-state index contributed by atoms with van der Waals surface area (Å²) in [6, 6.07) is -0.627. The van der Waals surface area contributed by atoms with Crippen LogP contribution in [0.5, 0.6) is 0 Å². The summed E-state index contributed by atoms with van der Waals surface area (Å²) in [5.74, 6) is -0.0795. The molecule has 4 heteroatoms. The maximum atomic E-state index is 12.3. The Morgan fingerprint density at radius 1 is 0.558 bits per heavy atom. The van der Waals surface area contributed by atoms with Gasteiger partial charge in [-0.3, -0.25) is 4.79 Å². The number of carbonyl (C=O) groups is 1. The number of rotatable bonds is 33. The van der Waals surface area contributed by atoms with E-state index in [-0.39, 0.29) is 12.5 Å². The number of nitrogens with one attached hydrogen (secondary N) is 1. The lowest BCUT2D eigenvalue weighted by Gasteiger charge is -2.20. The SMILES string of the molecule is CCCCC/C=C\C/C=C\CCCCCCCC(=O)NC(CO)C(O)/C=C/CCCCCCCCCCCCCCCC. The normalized spacial score (nSPS) is 13.5. The Balaban J connectivity index is 3.65. The average molecular weight is 604 g/mol. The van der Waals surface area contributed by atoms with E-state index < -0.39 is 12.1 Å². The highest BCUT2D eigenvalue weighted by atomic mass is 16.3. The lowest BCUT2D eigenvalue weighted by Crippen LogP contribution is -2.45. The van der Waals surface area contributed by atoms with Gasteiger partial charge in [0.05, 0.1) is 18.8 Å². The van der Waals surface area contributed by atoms with Crippen molar-refractivity contribution in [2.45, 2.75) is 199 Å². The van der Waals surface area contributed by atoms with Gasteiger partial charge in [-0.2, -0.15) is 0 Å². The summed E-state index contributed by atoms with van der Waals surface area (Å²) in [5, 5.41) is 22.9. The first-order chi connectivity index (χ1) is 21.2. The van der Waals surface area contributed by atoms with Crippen molar-refractivity contribution >= 4 is 5.91 Å². The van der Waals surface area contributed by atoms with Crippen molar-refractivity contribution in [2.24, 2.45) is 0 Å². The van der Waals surface area contributed by atoms with Crippen LogP contribution in [0.25, 0.3) is 0 Å². The Morgan fingerprint density at radius 2 is 0.953 bits per heavy atom.